The summed E-state index contributed by atoms with van der Waals surface area (Å²) in [6.07, 6.45) is 0. The van der Waals surface area contributed by atoms with Crippen molar-refractivity contribution in [1.29, 1.82) is 0 Å². The predicted octanol–water partition coefficient (Wildman–Crippen LogP) is 1.54. The molecule has 0 radical (unpaired) electrons. The smallest absolute Gasteiger partial charge is 0.0798 e. The predicted molar refractivity (Wildman–Crippen MR) is 61.7 cm³/mol. The minimum atomic E-state index is 0.511. The zero-order chi connectivity index (χ0) is 10.4. The maximum Gasteiger partial charge on any atom is 0.0798 e. The van der Waals surface area contributed by atoms with Crippen LogP contribution in [0.25, 0.3) is 0 Å². The maximum absolute atomic E-state index is 4.22. The molecule has 1 unspecified atom stereocenters. The minimum Gasteiger partial charge on any atom is -0.315 e. The third kappa shape index (κ3) is 3.74. The standard InChI is InChI=1S/C10H19N3S/c1-4-11-5-8(2)12-6-10-9(3)13-7-14-10/h7-8,11-12H,4-6H2,1-3H3. The molecule has 0 aliphatic rings. The molecule has 0 fully saturated rings. The SMILES string of the molecule is CCNCC(C)NCc1scnc1C. The van der Waals surface area contributed by atoms with Crippen LogP contribution in [-0.4, -0.2) is 24.1 Å². The van der Waals surface area contributed by atoms with Crippen molar-refractivity contribution in [2.24, 2.45) is 0 Å². The molecule has 1 rings (SSSR count). The zero-order valence-corrected chi connectivity index (χ0v) is 9.95. The van der Waals surface area contributed by atoms with E-state index in [9.17, 15) is 0 Å². The first-order valence-corrected chi connectivity index (χ1v) is 5.95. The van der Waals surface area contributed by atoms with Crippen LogP contribution in [0.5, 0.6) is 0 Å². The van der Waals surface area contributed by atoms with Crippen molar-refractivity contribution in [2.75, 3.05) is 13.1 Å². The maximum atomic E-state index is 4.22. The third-order valence-electron chi connectivity index (χ3n) is 2.16. The summed E-state index contributed by atoms with van der Waals surface area (Å²) in [6.45, 7) is 9.37. The number of aryl methyl sites for hydroxylation is 1. The fraction of sp³-hybridized carbons (Fsp3) is 0.700. The minimum absolute atomic E-state index is 0.511. The van der Waals surface area contributed by atoms with E-state index in [1.165, 1.54) is 4.88 Å². The van der Waals surface area contributed by atoms with Crippen molar-refractivity contribution in [3.05, 3.63) is 16.1 Å². The molecule has 4 heteroatoms. The Morgan fingerprint density at radius 2 is 2.36 bits per heavy atom. The van der Waals surface area contributed by atoms with E-state index in [1.807, 2.05) is 5.51 Å². The molecule has 0 amide bonds. The highest BCUT2D eigenvalue weighted by atomic mass is 32.1. The molecule has 0 aliphatic carbocycles. The molecule has 0 aliphatic heterocycles. The van der Waals surface area contributed by atoms with Gasteiger partial charge in [0.25, 0.3) is 0 Å². The lowest BCUT2D eigenvalue weighted by molar-refractivity contribution is 0.510. The number of thiazole rings is 1. The normalized spacial score (nSPS) is 13.1. The van der Waals surface area contributed by atoms with Gasteiger partial charge in [0.05, 0.1) is 11.2 Å². The summed E-state index contributed by atoms with van der Waals surface area (Å²) in [5, 5.41) is 6.79. The van der Waals surface area contributed by atoms with Crippen LogP contribution in [-0.2, 0) is 6.54 Å². The van der Waals surface area contributed by atoms with E-state index in [0.29, 0.717) is 6.04 Å². The van der Waals surface area contributed by atoms with Crippen LogP contribution < -0.4 is 10.6 Å². The Bertz CT molecular complexity index is 260. The van der Waals surface area contributed by atoms with Gasteiger partial charge >= 0.3 is 0 Å². The highest BCUT2D eigenvalue weighted by Gasteiger charge is 2.03. The first kappa shape index (κ1) is 11.6. The van der Waals surface area contributed by atoms with E-state index in [1.54, 1.807) is 11.3 Å². The quantitative estimate of drug-likeness (QED) is 0.752. The molecule has 1 aromatic heterocycles. The van der Waals surface area contributed by atoms with Gasteiger partial charge in [-0.2, -0.15) is 0 Å². The number of likely N-dealkylation sites (N-methyl/N-ethyl adjacent to an activating group) is 1. The molecule has 2 N–H and O–H groups in total. The second-order valence-corrected chi connectivity index (χ2v) is 4.39. The Morgan fingerprint density at radius 1 is 1.57 bits per heavy atom. The van der Waals surface area contributed by atoms with Crippen LogP contribution in [0.1, 0.15) is 24.4 Å². The molecular weight excluding hydrogens is 194 g/mol. The molecule has 1 atom stereocenters. The topological polar surface area (TPSA) is 37.0 Å². The van der Waals surface area contributed by atoms with Crippen molar-refractivity contribution >= 4 is 11.3 Å². The Balaban J connectivity index is 2.23. The van der Waals surface area contributed by atoms with Crippen LogP contribution in [0.2, 0.25) is 0 Å². The van der Waals surface area contributed by atoms with Gasteiger partial charge < -0.3 is 10.6 Å². The van der Waals surface area contributed by atoms with Gasteiger partial charge in [-0.05, 0) is 20.4 Å². The van der Waals surface area contributed by atoms with Crippen LogP contribution >= 0.6 is 11.3 Å². The summed E-state index contributed by atoms with van der Waals surface area (Å²) in [5.74, 6) is 0. The van der Waals surface area contributed by atoms with Gasteiger partial charge in [-0.15, -0.1) is 11.3 Å². The van der Waals surface area contributed by atoms with Gasteiger partial charge in [-0.1, -0.05) is 6.92 Å². The summed E-state index contributed by atoms with van der Waals surface area (Å²) >= 11 is 1.72. The summed E-state index contributed by atoms with van der Waals surface area (Å²) < 4.78 is 0. The number of nitrogens with zero attached hydrogens (tertiary/aromatic N) is 1. The summed E-state index contributed by atoms with van der Waals surface area (Å²) in [7, 11) is 0. The average molecular weight is 213 g/mol. The number of hydrogen-bond donors (Lipinski definition) is 2. The van der Waals surface area contributed by atoms with Gasteiger partial charge in [0.15, 0.2) is 0 Å². The molecule has 0 saturated carbocycles. The van der Waals surface area contributed by atoms with Gasteiger partial charge in [0, 0.05) is 24.0 Å². The number of hydrogen-bond acceptors (Lipinski definition) is 4. The second kappa shape index (κ2) is 6.11. The van der Waals surface area contributed by atoms with Crippen LogP contribution in [0, 0.1) is 6.92 Å². The molecule has 0 aromatic carbocycles. The molecule has 0 spiro atoms. The molecule has 0 bridgehead atoms. The fourth-order valence-corrected chi connectivity index (χ4v) is 1.92. The van der Waals surface area contributed by atoms with Crippen molar-refractivity contribution < 1.29 is 0 Å². The Hall–Kier alpha value is -0.450. The largest absolute Gasteiger partial charge is 0.315 e. The van der Waals surface area contributed by atoms with Gasteiger partial charge in [0.1, 0.15) is 0 Å². The molecule has 1 heterocycles. The second-order valence-electron chi connectivity index (χ2n) is 3.45. The van der Waals surface area contributed by atoms with E-state index < -0.39 is 0 Å². The first-order chi connectivity index (χ1) is 6.74. The number of rotatable bonds is 6. The number of aromatic nitrogens is 1. The van der Waals surface area contributed by atoms with Gasteiger partial charge in [-0.3, -0.25) is 0 Å². The van der Waals surface area contributed by atoms with Crippen molar-refractivity contribution in [3.63, 3.8) is 0 Å². The molecular formula is C10H19N3S. The summed E-state index contributed by atoms with van der Waals surface area (Å²) in [4.78, 5) is 5.56. The molecule has 14 heavy (non-hydrogen) atoms. The lowest BCUT2D eigenvalue weighted by atomic mass is 10.3. The van der Waals surface area contributed by atoms with Gasteiger partial charge in [-0.25, -0.2) is 4.98 Å². The lowest BCUT2D eigenvalue weighted by Gasteiger charge is -2.13. The highest BCUT2D eigenvalue weighted by molar-refractivity contribution is 7.09. The van der Waals surface area contributed by atoms with Crippen molar-refractivity contribution in [2.45, 2.75) is 33.4 Å². The van der Waals surface area contributed by atoms with E-state index in [2.05, 4.69) is 36.4 Å². The van der Waals surface area contributed by atoms with E-state index in [4.69, 9.17) is 0 Å². The third-order valence-corrected chi connectivity index (χ3v) is 3.09. The Morgan fingerprint density at radius 3 is 2.93 bits per heavy atom. The number of nitrogens with one attached hydrogen (secondary N) is 2. The Kier molecular flexibility index (Phi) is 5.07. The molecule has 0 saturated heterocycles. The Labute approximate surface area is 89.9 Å². The molecule has 1 aromatic rings. The van der Waals surface area contributed by atoms with Crippen LogP contribution in [0.4, 0.5) is 0 Å². The van der Waals surface area contributed by atoms with E-state index in [0.717, 1.165) is 25.3 Å². The lowest BCUT2D eigenvalue weighted by Crippen LogP contribution is -2.35. The fourth-order valence-electron chi connectivity index (χ4n) is 1.20. The molecule has 3 nitrogen and oxygen atoms in total. The van der Waals surface area contributed by atoms with E-state index >= 15 is 0 Å². The highest BCUT2D eigenvalue weighted by Crippen LogP contribution is 2.11. The molecule has 80 valence electrons. The summed E-state index contributed by atoms with van der Waals surface area (Å²) in [6, 6.07) is 0.511. The monoisotopic (exact) mass is 213 g/mol. The van der Waals surface area contributed by atoms with Crippen molar-refractivity contribution in [1.82, 2.24) is 15.6 Å². The summed E-state index contributed by atoms with van der Waals surface area (Å²) in [5.41, 5.74) is 3.06. The van der Waals surface area contributed by atoms with Crippen LogP contribution in [0.3, 0.4) is 0 Å². The van der Waals surface area contributed by atoms with Crippen molar-refractivity contribution in [3.8, 4) is 0 Å². The van der Waals surface area contributed by atoms with E-state index in [-0.39, 0.29) is 0 Å². The van der Waals surface area contributed by atoms with Gasteiger partial charge in [0.2, 0.25) is 0 Å². The first-order valence-electron chi connectivity index (χ1n) is 5.07. The average Bonchev–Trinajstić information content (AvgIpc) is 2.58. The van der Waals surface area contributed by atoms with Crippen LogP contribution in [0.15, 0.2) is 5.51 Å². The zero-order valence-electron chi connectivity index (χ0n) is 9.13.